The first-order valence-electron chi connectivity index (χ1n) is 9.94. The molecule has 0 fully saturated rings. The van der Waals surface area contributed by atoms with Gasteiger partial charge in [0.1, 0.15) is 11.5 Å². The summed E-state index contributed by atoms with van der Waals surface area (Å²) in [6.07, 6.45) is 0.132. The third-order valence-corrected chi connectivity index (χ3v) is 6.44. The Kier molecular flexibility index (Phi) is 8.93. The van der Waals surface area contributed by atoms with Crippen molar-refractivity contribution in [2.75, 3.05) is 44.8 Å². The molecule has 1 aromatic heterocycles. The lowest BCUT2D eigenvalue weighted by Gasteiger charge is -2.11. The number of carbonyl (C=O) groups is 2. The van der Waals surface area contributed by atoms with E-state index in [4.69, 9.17) is 18.9 Å². The molecule has 10 nitrogen and oxygen atoms in total. The summed E-state index contributed by atoms with van der Waals surface area (Å²) in [5, 5.41) is 13.9. The Labute approximate surface area is 205 Å². The summed E-state index contributed by atoms with van der Waals surface area (Å²) in [6.45, 7) is 0. The smallest absolute Gasteiger partial charge is 0.234 e. The second kappa shape index (κ2) is 12.1. The number of thioether (sulfide) groups is 1. The predicted octanol–water partition coefficient (Wildman–Crippen LogP) is 3.48. The number of anilines is 2. The van der Waals surface area contributed by atoms with Crippen molar-refractivity contribution >= 4 is 45.7 Å². The molecule has 0 aliphatic carbocycles. The molecule has 2 aromatic carbocycles. The zero-order valence-corrected chi connectivity index (χ0v) is 20.7. The average molecular weight is 505 g/mol. The standard InChI is InChI=1S/C22H24N4O6S2/c1-29-14-6-8-16(30-2)15(11-14)23-20(28)12-33-22-26-25-21(34-22)24-19(27)10-13-5-7-17(31-3)18(9-13)32-4/h5-9,11H,10,12H2,1-4H3,(H,23,28)(H,24,25,27). The molecule has 3 aromatic rings. The van der Waals surface area contributed by atoms with Gasteiger partial charge in [0.25, 0.3) is 0 Å². The first kappa shape index (κ1) is 25.1. The summed E-state index contributed by atoms with van der Waals surface area (Å²) in [5.74, 6) is 1.87. The van der Waals surface area contributed by atoms with Gasteiger partial charge < -0.3 is 29.6 Å². The number of hydrogen-bond donors (Lipinski definition) is 2. The highest BCUT2D eigenvalue weighted by Crippen LogP contribution is 2.31. The Morgan fingerprint density at radius 2 is 1.59 bits per heavy atom. The van der Waals surface area contributed by atoms with Crippen LogP contribution >= 0.6 is 23.1 Å². The van der Waals surface area contributed by atoms with Crippen LogP contribution in [0, 0.1) is 0 Å². The molecule has 0 spiro atoms. The van der Waals surface area contributed by atoms with Crippen LogP contribution < -0.4 is 29.6 Å². The van der Waals surface area contributed by atoms with Crippen molar-refractivity contribution < 1.29 is 28.5 Å². The highest BCUT2D eigenvalue weighted by Gasteiger charge is 2.14. The van der Waals surface area contributed by atoms with Crippen molar-refractivity contribution in [3.05, 3.63) is 42.0 Å². The number of methoxy groups -OCH3 is 4. The number of benzene rings is 2. The third-order valence-electron chi connectivity index (χ3n) is 4.47. The van der Waals surface area contributed by atoms with Crippen LogP contribution in [0.25, 0.3) is 0 Å². The van der Waals surface area contributed by atoms with E-state index in [1.807, 2.05) is 0 Å². The van der Waals surface area contributed by atoms with Gasteiger partial charge in [-0.15, -0.1) is 10.2 Å². The van der Waals surface area contributed by atoms with Gasteiger partial charge in [0.15, 0.2) is 15.8 Å². The number of carbonyl (C=O) groups excluding carboxylic acids is 2. The van der Waals surface area contributed by atoms with E-state index in [-0.39, 0.29) is 24.0 Å². The zero-order valence-electron chi connectivity index (χ0n) is 19.0. The van der Waals surface area contributed by atoms with Crippen LogP contribution in [0.5, 0.6) is 23.0 Å². The molecule has 0 saturated carbocycles. The maximum absolute atomic E-state index is 12.4. The van der Waals surface area contributed by atoms with Crippen LogP contribution in [-0.4, -0.2) is 56.2 Å². The minimum atomic E-state index is -0.247. The summed E-state index contributed by atoms with van der Waals surface area (Å²) < 4.78 is 21.5. The Morgan fingerprint density at radius 1 is 0.853 bits per heavy atom. The van der Waals surface area contributed by atoms with Crippen LogP contribution in [-0.2, 0) is 16.0 Å². The number of amides is 2. The van der Waals surface area contributed by atoms with E-state index in [1.165, 1.54) is 37.3 Å². The monoisotopic (exact) mass is 504 g/mol. The fourth-order valence-electron chi connectivity index (χ4n) is 2.88. The Morgan fingerprint density at radius 3 is 2.29 bits per heavy atom. The molecule has 180 valence electrons. The van der Waals surface area contributed by atoms with Gasteiger partial charge in [-0.05, 0) is 29.8 Å². The van der Waals surface area contributed by atoms with Crippen LogP contribution in [0.1, 0.15) is 5.56 Å². The Bertz CT molecular complexity index is 1150. The summed E-state index contributed by atoms with van der Waals surface area (Å²) in [5.41, 5.74) is 1.27. The van der Waals surface area contributed by atoms with Gasteiger partial charge in [-0.2, -0.15) is 0 Å². The highest BCUT2D eigenvalue weighted by atomic mass is 32.2. The van der Waals surface area contributed by atoms with Crippen molar-refractivity contribution in [2.24, 2.45) is 0 Å². The molecule has 0 saturated heterocycles. The number of aromatic nitrogens is 2. The topological polar surface area (TPSA) is 121 Å². The van der Waals surface area contributed by atoms with Crippen molar-refractivity contribution in [3.63, 3.8) is 0 Å². The Balaban J connectivity index is 1.52. The van der Waals surface area contributed by atoms with Gasteiger partial charge in [-0.25, -0.2) is 0 Å². The number of ether oxygens (including phenoxy) is 4. The minimum absolute atomic E-state index is 0.106. The highest BCUT2D eigenvalue weighted by molar-refractivity contribution is 8.01. The molecule has 0 radical (unpaired) electrons. The maximum atomic E-state index is 12.4. The van der Waals surface area contributed by atoms with E-state index in [1.54, 1.807) is 50.6 Å². The van der Waals surface area contributed by atoms with Crippen molar-refractivity contribution in [3.8, 4) is 23.0 Å². The molecule has 2 amide bonds. The maximum Gasteiger partial charge on any atom is 0.234 e. The molecule has 1 heterocycles. The van der Waals surface area contributed by atoms with E-state index in [0.29, 0.717) is 38.2 Å². The minimum Gasteiger partial charge on any atom is -0.497 e. The van der Waals surface area contributed by atoms with E-state index in [2.05, 4.69) is 20.8 Å². The van der Waals surface area contributed by atoms with Gasteiger partial charge in [-0.1, -0.05) is 29.2 Å². The summed E-state index contributed by atoms with van der Waals surface area (Å²) in [7, 11) is 6.15. The molecule has 3 rings (SSSR count). The van der Waals surface area contributed by atoms with Crippen molar-refractivity contribution in [1.29, 1.82) is 0 Å². The molecular formula is C22H24N4O6S2. The average Bonchev–Trinajstić information content (AvgIpc) is 3.29. The van der Waals surface area contributed by atoms with Crippen molar-refractivity contribution in [1.82, 2.24) is 10.2 Å². The molecule has 0 bridgehead atoms. The first-order valence-corrected chi connectivity index (χ1v) is 11.7. The molecule has 0 aliphatic heterocycles. The summed E-state index contributed by atoms with van der Waals surface area (Å²) in [6, 6.07) is 10.4. The lowest BCUT2D eigenvalue weighted by molar-refractivity contribution is -0.115. The van der Waals surface area contributed by atoms with E-state index in [9.17, 15) is 9.59 Å². The van der Waals surface area contributed by atoms with Gasteiger partial charge in [0.2, 0.25) is 16.9 Å². The van der Waals surface area contributed by atoms with Gasteiger partial charge in [0.05, 0.1) is 46.3 Å². The largest absolute Gasteiger partial charge is 0.497 e. The van der Waals surface area contributed by atoms with Crippen LogP contribution in [0.2, 0.25) is 0 Å². The quantitative estimate of drug-likeness (QED) is 0.299. The fraction of sp³-hybridized carbons (Fsp3) is 0.273. The second-order valence-corrected chi connectivity index (χ2v) is 8.89. The SMILES string of the molecule is COc1ccc(OC)c(NC(=O)CSc2nnc(NC(=O)Cc3ccc(OC)c(OC)c3)s2)c1. The number of nitrogens with one attached hydrogen (secondary N) is 2. The normalized spacial score (nSPS) is 10.4. The van der Waals surface area contributed by atoms with E-state index in [0.717, 1.165) is 5.56 Å². The van der Waals surface area contributed by atoms with Crippen LogP contribution in [0.4, 0.5) is 10.8 Å². The lowest BCUT2D eigenvalue weighted by Crippen LogP contribution is -2.14. The van der Waals surface area contributed by atoms with Gasteiger partial charge in [0, 0.05) is 6.07 Å². The van der Waals surface area contributed by atoms with Crippen LogP contribution in [0.3, 0.4) is 0 Å². The van der Waals surface area contributed by atoms with E-state index >= 15 is 0 Å². The molecule has 2 N–H and O–H groups in total. The lowest BCUT2D eigenvalue weighted by atomic mass is 10.1. The second-order valence-electron chi connectivity index (χ2n) is 6.69. The number of hydrogen-bond acceptors (Lipinski definition) is 10. The molecule has 0 aliphatic rings. The number of nitrogens with zero attached hydrogens (tertiary/aromatic N) is 2. The van der Waals surface area contributed by atoms with Crippen molar-refractivity contribution in [2.45, 2.75) is 10.8 Å². The first-order chi connectivity index (χ1) is 16.4. The summed E-state index contributed by atoms with van der Waals surface area (Å²) >= 11 is 2.40. The van der Waals surface area contributed by atoms with Gasteiger partial charge in [-0.3, -0.25) is 9.59 Å². The van der Waals surface area contributed by atoms with E-state index < -0.39 is 0 Å². The predicted molar refractivity (Wildman–Crippen MR) is 131 cm³/mol. The molecular weight excluding hydrogens is 480 g/mol. The van der Waals surface area contributed by atoms with Gasteiger partial charge >= 0.3 is 0 Å². The Hall–Kier alpha value is -3.51. The number of rotatable bonds is 11. The summed E-state index contributed by atoms with van der Waals surface area (Å²) in [4.78, 5) is 24.8. The zero-order chi connectivity index (χ0) is 24.5. The molecule has 12 heteroatoms. The fourth-order valence-corrected chi connectivity index (χ4v) is 4.45. The molecule has 0 atom stereocenters. The molecule has 34 heavy (non-hydrogen) atoms. The third kappa shape index (κ3) is 6.75. The molecule has 0 unspecified atom stereocenters. The van der Waals surface area contributed by atoms with Crippen LogP contribution in [0.15, 0.2) is 40.7 Å².